The molecule has 0 unspecified atom stereocenters. The molecule has 3 fully saturated rings. The van der Waals surface area contributed by atoms with Gasteiger partial charge >= 0.3 is 0 Å². The lowest BCUT2D eigenvalue weighted by molar-refractivity contribution is -0.394. The molecule has 2 aliphatic heterocycles. The topological polar surface area (TPSA) is 163 Å². The van der Waals surface area contributed by atoms with E-state index in [1.807, 2.05) is 5.38 Å². The largest absolute Gasteiger partial charge is 0.344 e. The Morgan fingerprint density at radius 3 is 2.50 bits per heavy atom. The summed E-state index contributed by atoms with van der Waals surface area (Å²) in [5.41, 5.74) is 1.14. The van der Waals surface area contributed by atoms with Gasteiger partial charge in [0.05, 0.1) is 44.8 Å². The van der Waals surface area contributed by atoms with Crippen molar-refractivity contribution in [2.24, 2.45) is 22.9 Å². The van der Waals surface area contributed by atoms with Gasteiger partial charge in [-0.3, -0.25) is 29.8 Å². The zero-order valence-corrected chi connectivity index (χ0v) is 16.9. The normalized spacial score (nSPS) is 28.8. The van der Waals surface area contributed by atoms with Gasteiger partial charge < -0.3 is 9.47 Å². The van der Waals surface area contributed by atoms with Crippen LogP contribution < -0.4 is 5.43 Å². The van der Waals surface area contributed by atoms with E-state index in [9.17, 15) is 29.8 Å². The summed E-state index contributed by atoms with van der Waals surface area (Å²) >= 11 is 1.35. The van der Waals surface area contributed by atoms with Crippen LogP contribution in [0.2, 0.25) is 0 Å². The van der Waals surface area contributed by atoms with E-state index in [-0.39, 0.29) is 35.2 Å². The molecule has 164 valence electrons. The minimum Gasteiger partial charge on any atom is -0.344 e. The first-order chi connectivity index (χ1) is 15.3. The second kappa shape index (κ2) is 7.55. The number of amides is 1. The zero-order valence-electron chi connectivity index (χ0n) is 16.1. The van der Waals surface area contributed by atoms with Gasteiger partial charge in [-0.25, -0.2) is 5.43 Å². The van der Waals surface area contributed by atoms with Gasteiger partial charge in [-0.2, -0.15) is 5.10 Å². The van der Waals surface area contributed by atoms with Crippen molar-refractivity contribution in [2.45, 2.75) is 12.4 Å². The van der Waals surface area contributed by atoms with Crippen LogP contribution in [0.5, 0.6) is 0 Å². The Bertz CT molecular complexity index is 1150. The average Bonchev–Trinajstić information content (AvgIpc) is 3.12. The molecule has 5 atom stereocenters. The number of nitrogens with zero attached hydrogens (tertiary/aromatic N) is 3. The lowest BCUT2D eigenvalue weighted by Crippen LogP contribution is -2.33. The summed E-state index contributed by atoms with van der Waals surface area (Å²) < 4.78 is 11.3. The molecule has 1 aromatic carbocycles. The van der Waals surface area contributed by atoms with Crippen molar-refractivity contribution in [3.8, 4) is 0 Å². The quantitative estimate of drug-likeness (QED) is 0.391. The Balaban J connectivity index is 1.39. The van der Waals surface area contributed by atoms with E-state index in [2.05, 4.69) is 10.5 Å². The lowest BCUT2D eigenvalue weighted by Gasteiger charge is -2.18. The Morgan fingerprint density at radius 1 is 1.16 bits per heavy atom. The third-order valence-corrected chi connectivity index (χ3v) is 6.62. The number of carbonyl (C=O) groups excluding carboxylic acids is 2. The van der Waals surface area contributed by atoms with E-state index in [0.717, 1.165) is 18.2 Å². The molecule has 2 bridgehead atoms. The number of non-ortho nitro benzene ring substituents is 2. The predicted octanol–water partition coefficient (Wildman–Crippen LogP) is 2.15. The fraction of sp³-hybridized carbons (Fsp3) is 0.316. The first-order valence-corrected chi connectivity index (χ1v) is 10.4. The number of hydrazone groups is 1. The molecule has 0 radical (unpaired) electrons. The third-order valence-electron chi connectivity index (χ3n) is 5.74. The van der Waals surface area contributed by atoms with E-state index in [1.54, 1.807) is 12.1 Å². The van der Waals surface area contributed by atoms with Crippen molar-refractivity contribution in [1.82, 2.24) is 5.43 Å². The number of rotatable bonds is 6. The molecule has 2 saturated heterocycles. The van der Waals surface area contributed by atoms with Gasteiger partial charge in [0.2, 0.25) is 0 Å². The summed E-state index contributed by atoms with van der Waals surface area (Å²) in [6.45, 7) is 0.310. The smallest absolute Gasteiger partial charge is 0.277 e. The van der Waals surface area contributed by atoms with Crippen molar-refractivity contribution < 1.29 is 28.9 Å². The molecule has 12 nitrogen and oxygen atoms in total. The number of carbonyl (C=O) groups is 2. The van der Waals surface area contributed by atoms with E-state index >= 15 is 0 Å². The molecule has 5 rings (SSSR count). The number of hydrogen-bond acceptors (Lipinski definition) is 10. The summed E-state index contributed by atoms with van der Waals surface area (Å²) in [4.78, 5) is 46.5. The highest BCUT2D eigenvalue weighted by molar-refractivity contribution is 7.12. The second-order valence-corrected chi connectivity index (χ2v) is 8.49. The Morgan fingerprint density at radius 2 is 1.88 bits per heavy atom. The minimum absolute atomic E-state index is 0.0144. The maximum Gasteiger partial charge on any atom is 0.277 e. The van der Waals surface area contributed by atoms with Gasteiger partial charge in [-0.1, -0.05) is 6.07 Å². The van der Waals surface area contributed by atoms with Crippen LogP contribution in [0.15, 0.2) is 40.8 Å². The van der Waals surface area contributed by atoms with Crippen LogP contribution in [-0.2, 0) is 9.47 Å². The highest BCUT2D eigenvalue weighted by atomic mass is 32.1. The van der Waals surface area contributed by atoms with Crippen LogP contribution in [0, 0.1) is 38.0 Å². The van der Waals surface area contributed by atoms with Crippen LogP contribution in [0.25, 0.3) is 0 Å². The van der Waals surface area contributed by atoms with Gasteiger partial charge in [-0.15, -0.1) is 11.3 Å². The van der Waals surface area contributed by atoms with E-state index in [1.165, 1.54) is 11.3 Å². The Kier molecular flexibility index (Phi) is 4.80. The molecule has 13 heteroatoms. The van der Waals surface area contributed by atoms with Gasteiger partial charge in [0.1, 0.15) is 0 Å². The first-order valence-electron chi connectivity index (χ1n) is 9.51. The maximum atomic E-state index is 12.9. The summed E-state index contributed by atoms with van der Waals surface area (Å²) in [6.07, 6.45) is -1.03. The monoisotopic (exact) mass is 458 g/mol. The van der Waals surface area contributed by atoms with Crippen molar-refractivity contribution in [3.05, 3.63) is 66.4 Å². The van der Waals surface area contributed by atoms with Gasteiger partial charge in [0, 0.05) is 29.9 Å². The fourth-order valence-corrected chi connectivity index (χ4v) is 4.99. The molecule has 3 aliphatic rings. The van der Waals surface area contributed by atoms with Crippen LogP contribution >= 0.6 is 11.3 Å². The van der Waals surface area contributed by atoms with Crippen LogP contribution in [-0.4, -0.2) is 46.2 Å². The fourth-order valence-electron chi connectivity index (χ4n) is 4.28. The highest BCUT2D eigenvalue weighted by Crippen LogP contribution is 2.57. The molecule has 1 aromatic heterocycles. The Hall–Kier alpha value is -3.55. The van der Waals surface area contributed by atoms with Crippen molar-refractivity contribution in [3.63, 3.8) is 0 Å². The van der Waals surface area contributed by atoms with E-state index < -0.39 is 33.4 Å². The average molecular weight is 458 g/mol. The zero-order chi connectivity index (χ0) is 22.6. The number of thiophene rings is 1. The number of benzene rings is 1. The van der Waals surface area contributed by atoms with E-state index in [0.29, 0.717) is 17.2 Å². The molecule has 1 N–H and O–H groups in total. The van der Waals surface area contributed by atoms with Gasteiger partial charge in [0.25, 0.3) is 17.3 Å². The molecule has 1 aliphatic carbocycles. The number of ketones is 1. The number of ether oxygens (including phenoxy) is 2. The first kappa shape index (κ1) is 20.4. The summed E-state index contributed by atoms with van der Waals surface area (Å²) in [6, 6.07) is 6.15. The Labute approximate surface area is 183 Å². The molecular formula is C19H14N4O8S. The second-order valence-electron chi connectivity index (χ2n) is 7.54. The summed E-state index contributed by atoms with van der Waals surface area (Å²) in [5.74, 6) is -1.59. The molecule has 1 saturated carbocycles. The highest BCUT2D eigenvalue weighted by Gasteiger charge is 2.67. The number of nitro groups is 2. The van der Waals surface area contributed by atoms with Crippen LogP contribution in [0.3, 0.4) is 0 Å². The maximum absolute atomic E-state index is 12.9. The molecule has 1 amide bonds. The number of fused-ring (bicyclic) bond motifs is 4. The number of hydrogen-bond donors (Lipinski definition) is 1. The van der Waals surface area contributed by atoms with Crippen molar-refractivity contribution in [2.75, 3.05) is 6.61 Å². The minimum atomic E-state index is -0.872. The van der Waals surface area contributed by atoms with Crippen molar-refractivity contribution >= 4 is 40.1 Å². The number of Topliss-reactive ketones (excluding diaryl/α,β-unsaturated/α-hetero) is 1. The SMILES string of the molecule is O=C(N/N=C1/[C@@H]2OC[C@@H](O2)[C@H]2[C@@H](C(=O)c3cccs3)[C@@H]12)c1cc([N+](=O)[O-])cc([N+](=O)[O-])c1. The van der Waals surface area contributed by atoms with Crippen LogP contribution in [0.1, 0.15) is 20.0 Å². The summed E-state index contributed by atoms with van der Waals surface area (Å²) in [5, 5.41) is 28.0. The van der Waals surface area contributed by atoms with Crippen LogP contribution in [0.4, 0.5) is 11.4 Å². The molecule has 2 aromatic rings. The third kappa shape index (κ3) is 3.36. The molecule has 3 heterocycles. The lowest BCUT2D eigenvalue weighted by atomic mass is 10.1. The van der Waals surface area contributed by atoms with Crippen molar-refractivity contribution in [1.29, 1.82) is 0 Å². The van der Waals surface area contributed by atoms with E-state index in [4.69, 9.17) is 9.47 Å². The van der Waals surface area contributed by atoms with Gasteiger partial charge in [0.15, 0.2) is 12.1 Å². The summed E-state index contributed by atoms with van der Waals surface area (Å²) in [7, 11) is 0. The molecule has 32 heavy (non-hydrogen) atoms. The number of nitrogens with one attached hydrogen (secondary N) is 1. The van der Waals surface area contributed by atoms with Gasteiger partial charge in [-0.05, 0) is 11.4 Å². The molecular weight excluding hydrogens is 444 g/mol. The predicted molar refractivity (Wildman–Crippen MR) is 108 cm³/mol. The molecule has 0 spiro atoms. The number of nitro benzene ring substituents is 2. The standard InChI is InChI=1S/C19H14N4O8S/c24-17(12-2-1-3-32-12)15-13-11-7-30-19(31-11)16(14(13)15)20-21-18(25)8-4-9(22(26)27)6-10(5-8)23(28)29/h1-6,11,13-15,19H,7H2,(H,21,25)/b20-16+/t11-,13-,14+,15-,19-/m1/s1.